The van der Waals surface area contributed by atoms with Gasteiger partial charge < -0.3 is 15.7 Å². The SMILES string of the molecule is Cc1cc(N(C)C(C)CO)c(N)cc1F. The zero-order chi connectivity index (χ0) is 11.6. The van der Waals surface area contributed by atoms with Gasteiger partial charge in [0.2, 0.25) is 0 Å². The Hall–Kier alpha value is -1.29. The minimum atomic E-state index is -0.304. The number of aliphatic hydroxyl groups is 1. The van der Waals surface area contributed by atoms with Crippen LogP contribution >= 0.6 is 0 Å². The molecule has 0 aliphatic heterocycles. The van der Waals surface area contributed by atoms with Gasteiger partial charge in [0.15, 0.2) is 0 Å². The highest BCUT2D eigenvalue weighted by atomic mass is 19.1. The number of rotatable bonds is 3. The summed E-state index contributed by atoms with van der Waals surface area (Å²) < 4.78 is 13.2. The molecule has 1 rings (SSSR count). The first-order valence-electron chi connectivity index (χ1n) is 4.86. The van der Waals surface area contributed by atoms with Crippen molar-refractivity contribution in [3.63, 3.8) is 0 Å². The van der Waals surface area contributed by atoms with Crippen LogP contribution in [-0.4, -0.2) is 24.8 Å². The number of nitrogens with two attached hydrogens (primary N) is 1. The molecule has 0 spiro atoms. The summed E-state index contributed by atoms with van der Waals surface area (Å²) >= 11 is 0. The lowest BCUT2D eigenvalue weighted by Crippen LogP contribution is -2.32. The maximum absolute atomic E-state index is 13.2. The monoisotopic (exact) mass is 212 g/mol. The summed E-state index contributed by atoms with van der Waals surface area (Å²) in [6.07, 6.45) is 0. The Morgan fingerprint density at radius 3 is 2.67 bits per heavy atom. The van der Waals surface area contributed by atoms with Crippen LogP contribution in [0.25, 0.3) is 0 Å². The third-order valence-corrected chi connectivity index (χ3v) is 2.61. The van der Waals surface area contributed by atoms with Gasteiger partial charge in [0.1, 0.15) is 5.82 Å². The van der Waals surface area contributed by atoms with Crippen molar-refractivity contribution >= 4 is 11.4 Å². The number of nitrogens with zero attached hydrogens (tertiary/aromatic N) is 1. The van der Waals surface area contributed by atoms with Gasteiger partial charge in [0.05, 0.1) is 18.0 Å². The van der Waals surface area contributed by atoms with Crippen molar-refractivity contribution in [2.75, 3.05) is 24.3 Å². The lowest BCUT2D eigenvalue weighted by Gasteiger charge is -2.27. The molecule has 0 fully saturated rings. The van der Waals surface area contributed by atoms with Gasteiger partial charge in [-0.3, -0.25) is 0 Å². The molecule has 3 nitrogen and oxygen atoms in total. The van der Waals surface area contributed by atoms with Crippen LogP contribution in [-0.2, 0) is 0 Å². The molecule has 1 aromatic rings. The molecule has 1 atom stereocenters. The molecule has 0 aromatic heterocycles. The average molecular weight is 212 g/mol. The van der Waals surface area contributed by atoms with E-state index in [0.29, 0.717) is 11.3 Å². The normalized spacial score (nSPS) is 12.6. The highest BCUT2D eigenvalue weighted by molar-refractivity contribution is 5.68. The molecule has 0 heterocycles. The van der Waals surface area contributed by atoms with Crippen molar-refractivity contribution in [1.82, 2.24) is 0 Å². The Labute approximate surface area is 89.3 Å². The fraction of sp³-hybridized carbons (Fsp3) is 0.455. The van der Waals surface area contributed by atoms with Crippen molar-refractivity contribution in [3.05, 3.63) is 23.5 Å². The van der Waals surface area contributed by atoms with E-state index in [9.17, 15) is 4.39 Å². The molecule has 1 unspecified atom stereocenters. The number of likely N-dealkylation sites (N-methyl/N-ethyl adjacent to an activating group) is 1. The van der Waals surface area contributed by atoms with Gasteiger partial charge in [-0.25, -0.2) is 4.39 Å². The van der Waals surface area contributed by atoms with E-state index in [1.807, 2.05) is 18.9 Å². The van der Waals surface area contributed by atoms with E-state index in [1.165, 1.54) is 6.07 Å². The van der Waals surface area contributed by atoms with Gasteiger partial charge in [-0.15, -0.1) is 0 Å². The number of aliphatic hydroxyl groups excluding tert-OH is 1. The van der Waals surface area contributed by atoms with E-state index in [-0.39, 0.29) is 18.5 Å². The van der Waals surface area contributed by atoms with Crippen LogP contribution in [0.2, 0.25) is 0 Å². The second kappa shape index (κ2) is 4.49. The van der Waals surface area contributed by atoms with E-state index < -0.39 is 0 Å². The van der Waals surface area contributed by atoms with Gasteiger partial charge in [0.25, 0.3) is 0 Å². The predicted molar refractivity (Wildman–Crippen MR) is 60.5 cm³/mol. The molecule has 15 heavy (non-hydrogen) atoms. The number of nitrogen functional groups attached to an aromatic ring is 1. The van der Waals surface area contributed by atoms with E-state index in [4.69, 9.17) is 10.8 Å². The van der Waals surface area contributed by atoms with Crippen molar-refractivity contribution in [3.8, 4) is 0 Å². The molecule has 0 radical (unpaired) electrons. The lowest BCUT2D eigenvalue weighted by molar-refractivity contribution is 0.270. The Balaban J connectivity index is 3.09. The Morgan fingerprint density at radius 1 is 1.53 bits per heavy atom. The van der Waals surface area contributed by atoms with Crippen molar-refractivity contribution in [2.45, 2.75) is 19.9 Å². The Morgan fingerprint density at radius 2 is 2.13 bits per heavy atom. The van der Waals surface area contributed by atoms with E-state index in [0.717, 1.165) is 5.69 Å². The minimum Gasteiger partial charge on any atom is -0.397 e. The fourth-order valence-corrected chi connectivity index (χ4v) is 1.35. The summed E-state index contributed by atoms with van der Waals surface area (Å²) in [7, 11) is 1.82. The smallest absolute Gasteiger partial charge is 0.128 e. The number of anilines is 2. The third kappa shape index (κ3) is 2.39. The molecule has 0 aliphatic rings. The third-order valence-electron chi connectivity index (χ3n) is 2.61. The maximum Gasteiger partial charge on any atom is 0.128 e. The summed E-state index contributed by atoms with van der Waals surface area (Å²) in [6, 6.07) is 2.96. The zero-order valence-corrected chi connectivity index (χ0v) is 9.29. The number of hydrogen-bond donors (Lipinski definition) is 2. The van der Waals surface area contributed by atoms with Crippen LogP contribution in [0.15, 0.2) is 12.1 Å². The van der Waals surface area contributed by atoms with Crippen molar-refractivity contribution in [1.29, 1.82) is 0 Å². The molecule has 0 amide bonds. The summed E-state index contributed by atoms with van der Waals surface area (Å²) in [5.41, 5.74) is 7.41. The highest BCUT2D eigenvalue weighted by Gasteiger charge is 2.13. The standard InChI is InChI=1S/C11H17FN2O/c1-7-4-11(10(13)5-9(7)12)14(3)8(2)6-15/h4-5,8,15H,6,13H2,1-3H3. The largest absolute Gasteiger partial charge is 0.397 e. The van der Waals surface area contributed by atoms with Gasteiger partial charge in [-0.2, -0.15) is 0 Å². The van der Waals surface area contributed by atoms with Crippen molar-refractivity contribution in [2.24, 2.45) is 0 Å². The van der Waals surface area contributed by atoms with E-state index in [1.54, 1.807) is 13.0 Å². The van der Waals surface area contributed by atoms with Gasteiger partial charge in [0, 0.05) is 13.1 Å². The Kier molecular flexibility index (Phi) is 3.52. The molecule has 0 aliphatic carbocycles. The zero-order valence-electron chi connectivity index (χ0n) is 9.29. The van der Waals surface area contributed by atoms with Crippen LogP contribution in [0.3, 0.4) is 0 Å². The van der Waals surface area contributed by atoms with Gasteiger partial charge >= 0.3 is 0 Å². The van der Waals surface area contributed by atoms with Gasteiger partial charge in [-0.1, -0.05) is 0 Å². The highest BCUT2D eigenvalue weighted by Crippen LogP contribution is 2.26. The molecule has 4 heteroatoms. The molecule has 0 bridgehead atoms. The first-order chi connectivity index (χ1) is 6.97. The summed E-state index contributed by atoms with van der Waals surface area (Å²) in [5, 5.41) is 9.02. The number of benzene rings is 1. The van der Waals surface area contributed by atoms with E-state index >= 15 is 0 Å². The van der Waals surface area contributed by atoms with E-state index in [2.05, 4.69) is 0 Å². The fourth-order valence-electron chi connectivity index (χ4n) is 1.35. The minimum absolute atomic E-state index is 0.0341. The second-order valence-electron chi connectivity index (χ2n) is 3.80. The first-order valence-corrected chi connectivity index (χ1v) is 4.86. The van der Waals surface area contributed by atoms with Crippen LogP contribution in [0.4, 0.5) is 15.8 Å². The summed E-state index contributed by atoms with van der Waals surface area (Å²) in [5.74, 6) is -0.304. The molecule has 1 aromatic carbocycles. The quantitative estimate of drug-likeness (QED) is 0.747. The molecule has 0 saturated carbocycles. The summed E-state index contributed by atoms with van der Waals surface area (Å²) in [4.78, 5) is 1.84. The summed E-state index contributed by atoms with van der Waals surface area (Å²) in [6.45, 7) is 3.60. The molecule has 0 saturated heterocycles. The number of hydrogen-bond acceptors (Lipinski definition) is 3. The first kappa shape index (κ1) is 11.8. The molecular formula is C11H17FN2O. The second-order valence-corrected chi connectivity index (χ2v) is 3.80. The number of aryl methyl sites for hydroxylation is 1. The van der Waals surface area contributed by atoms with Crippen molar-refractivity contribution < 1.29 is 9.50 Å². The molecular weight excluding hydrogens is 195 g/mol. The van der Waals surface area contributed by atoms with Crippen LogP contribution in [0, 0.1) is 12.7 Å². The Bertz CT molecular complexity index is 355. The van der Waals surface area contributed by atoms with Crippen LogP contribution < -0.4 is 10.6 Å². The number of halogens is 1. The molecule has 3 N–H and O–H groups in total. The maximum atomic E-state index is 13.2. The lowest BCUT2D eigenvalue weighted by atomic mass is 10.1. The predicted octanol–water partition coefficient (Wildman–Crippen LogP) is 1.53. The van der Waals surface area contributed by atoms with Crippen LogP contribution in [0.1, 0.15) is 12.5 Å². The molecule has 84 valence electrons. The topological polar surface area (TPSA) is 49.5 Å². The average Bonchev–Trinajstić information content (AvgIpc) is 2.21. The van der Waals surface area contributed by atoms with Crippen LogP contribution in [0.5, 0.6) is 0 Å². The van der Waals surface area contributed by atoms with Gasteiger partial charge in [-0.05, 0) is 31.5 Å².